The van der Waals surface area contributed by atoms with Gasteiger partial charge in [-0.3, -0.25) is 4.57 Å². The Kier molecular flexibility index (Phi) is 2.98. The summed E-state index contributed by atoms with van der Waals surface area (Å²) in [6.07, 6.45) is 6.07. The standard InChI is InChI=1S/C15H20N2O/c1-2-11-7-9-12(10-8-11)17-14-6-4-3-5-13(14)16-15(17)18/h3-6,11-12H,2,7-10H2,1H3,(H,16,18). The minimum absolute atomic E-state index is 0.0520. The van der Waals surface area contributed by atoms with E-state index >= 15 is 0 Å². The molecule has 2 aromatic rings. The van der Waals surface area contributed by atoms with Crippen LogP contribution in [0.1, 0.15) is 45.1 Å². The van der Waals surface area contributed by atoms with E-state index in [9.17, 15) is 4.79 Å². The average molecular weight is 244 g/mol. The van der Waals surface area contributed by atoms with Crippen LogP contribution < -0.4 is 5.69 Å². The van der Waals surface area contributed by atoms with Crippen LogP contribution in [-0.2, 0) is 0 Å². The van der Waals surface area contributed by atoms with Crippen LogP contribution in [-0.4, -0.2) is 9.55 Å². The van der Waals surface area contributed by atoms with Gasteiger partial charge in [-0.15, -0.1) is 0 Å². The van der Waals surface area contributed by atoms with E-state index in [1.165, 1.54) is 19.3 Å². The van der Waals surface area contributed by atoms with Crippen LogP contribution in [0.2, 0.25) is 0 Å². The van der Waals surface area contributed by atoms with Crippen molar-refractivity contribution in [3.63, 3.8) is 0 Å². The van der Waals surface area contributed by atoms with Gasteiger partial charge in [-0.1, -0.05) is 25.5 Å². The first-order valence-electron chi connectivity index (χ1n) is 6.99. The predicted molar refractivity (Wildman–Crippen MR) is 73.8 cm³/mol. The van der Waals surface area contributed by atoms with Gasteiger partial charge < -0.3 is 4.98 Å². The zero-order valence-electron chi connectivity index (χ0n) is 10.9. The Labute approximate surface area is 107 Å². The summed E-state index contributed by atoms with van der Waals surface area (Å²) in [4.78, 5) is 15.1. The number of imidazole rings is 1. The first kappa shape index (κ1) is 11.6. The number of para-hydroxylation sites is 2. The Balaban J connectivity index is 1.95. The van der Waals surface area contributed by atoms with Crippen molar-refractivity contribution in [2.45, 2.75) is 45.1 Å². The van der Waals surface area contributed by atoms with Crippen molar-refractivity contribution in [2.75, 3.05) is 0 Å². The number of aromatic amines is 1. The fourth-order valence-electron chi connectivity index (χ4n) is 3.25. The lowest BCUT2D eigenvalue weighted by molar-refractivity contribution is 0.270. The summed E-state index contributed by atoms with van der Waals surface area (Å²) in [7, 11) is 0. The number of fused-ring (bicyclic) bond motifs is 1. The maximum Gasteiger partial charge on any atom is 0.326 e. The van der Waals surface area contributed by atoms with Gasteiger partial charge in [-0.2, -0.15) is 0 Å². The lowest BCUT2D eigenvalue weighted by Gasteiger charge is -2.28. The van der Waals surface area contributed by atoms with Crippen molar-refractivity contribution in [2.24, 2.45) is 5.92 Å². The Hall–Kier alpha value is -1.51. The van der Waals surface area contributed by atoms with Crippen LogP contribution in [0.4, 0.5) is 0 Å². The molecule has 0 aliphatic heterocycles. The van der Waals surface area contributed by atoms with E-state index in [-0.39, 0.29) is 5.69 Å². The maximum atomic E-state index is 12.1. The molecule has 0 radical (unpaired) electrons. The molecule has 0 atom stereocenters. The van der Waals surface area contributed by atoms with Crippen molar-refractivity contribution < 1.29 is 0 Å². The number of nitrogens with one attached hydrogen (secondary N) is 1. The summed E-state index contributed by atoms with van der Waals surface area (Å²) < 4.78 is 1.97. The topological polar surface area (TPSA) is 37.8 Å². The quantitative estimate of drug-likeness (QED) is 0.863. The zero-order chi connectivity index (χ0) is 12.5. The molecule has 1 aromatic carbocycles. The molecule has 3 nitrogen and oxygen atoms in total. The summed E-state index contributed by atoms with van der Waals surface area (Å²) in [6, 6.07) is 8.38. The Morgan fingerprint density at radius 1 is 1.22 bits per heavy atom. The molecule has 18 heavy (non-hydrogen) atoms. The molecule has 1 fully saturated rings. The highest BCUT2D eigenvalue weighted by molar-refractivity contribution is 5.75. The van der Waals surface area contributed by atoms with Crippen LogP contribution in [0, 0.1) is 5.92 Å². The minimum Gasteiger partial charge on any atom is -0.306 e. The summed E-state index contributed by atoms with van der Waals surface area (Å²) >= 11 is 0. The van der Waals surface area contributed by atoms with E-state index < -0.39 is 0 Å². The molecule has 0 bridgehead atoms. The number of aromatic nitrogens is 2. The molecule has 3 rings (SSSR count). The normalized spacial score (nSPS) is 24.5. The zero-order valence-corrected chi connectivity index (χ0v) is 10.9. The van der Waals surface area contributed by atoms with Gasteiger partial charge in [-0.05, 0) is 43.7 Å². The van der Waals surface area contributed by atoms with Crippen molar-refractivity contribution in [3.8, 4) is 0 Å². The van der Waals surface area contributed by atoms with E-state index in [0.717, 1.165) is 29.8 Å². The Morgan fingerprint density at radius 3 is 2.67 bits per heavy atom. The largest absolute Gasteiger partial charge is 0.326 e. The summed E-state index contributed by atoms with van der Waals surface area (Å²) in [5.41, 5.74) is 2.07. The number of hydrogen-bond acceptors (Lipinski definition) is 1. The van der Waals surface area contributed by atoms with Crippen LogP contribution >= 0.6 is 0 Å². The second-order valence-corrected chi connectivity index (χ2v) is 5.40. The lowest BCUT2D eigenvalue weighted by atomic mass is 9.84. The molecule has 1 heterocycles. The molecule has 0 saturated heterocycles. The van der Waals surface area contributed by atoms with Gasteiger partial charge >= 0.3 is 5.69 Å². The van der Waals surface area contributed by atoms with Gasteiger partial charge in [0.1, 0.15) is 0 Å². The molecule has 1 N–H and O–H groups in total. The third kappa shape index (κ3) is 1.88. The molecule has 1 aromatic heterocycles. The van der Waals surface area contributed by atoms with Crippen molar-refractivity contribution in [1.82, 2.24) is 9.55 Å². The number of nitrogens with zero attached hydrogens (tertiary/aromatic N) is 1. The molecule has 3 heteroatoms. The van der Waals surface area contributed by atoms with Crippen LogP contribution in [0.25, 0.3) is 11.0 Å². The molecule has 1 aliphatic carbocycles. The lowest BCUT2D eigenvalue weighted by Crippen LogP contribution is -2.26. The second kappa shape index (κ2) is 4.63. The van der Waals surface area contributed by atoms with Crippen molar-refractivity contribution in [3.05, 3.63) is 34.7 Å². The monoisotopic (exact) mass is 244 g/mol. The number of benzene rings is 1. The van der Waals surface area contributed by atoms with Gasteiger partial charge in [0, 0.05) is 6.04 Å². The highest BCUT2D eigenvalue weighted by atomic mass is 16.1. The van der Waals surface area contributed by atoms with Crippen molar-refractivity contribution >= 4 is 11.0 Å². The van der Waals surface area contributed by atoms with Gasteiger partial charge in [0.15, 0.2) is 0 Å². The number of H-pyrrole nitrogens is 1. The van der Waals surface area contributed by atoms with Crippen LogP contribution in [0.5, 0.6) is 0 Å². The summed E-state index contributed by atoms with van der Waals surface area (Å²) in [6.45, 7) is 2.27. The molecule has 0 unspecified atom stereocenters. The van der Waals surface area contributed by atoms with E-state index in [0.29, 0.717) is 6.04 Å². The fraction of sp³-hybridized carbons (Fsp3) is 0.533. The van der Waals surface area contributed by atoms with Crippen molar-refractivity contribution in [1.29, 1.82) is 0 Å². The van der Waals surface area contributed by atoms with Gasteiger partial charge in [0.25, 0.3) is 0 Å². The Morgan fingerprint density at radius 2 is 1.94 bits per heavy atom. The molecule has 1 aliphatic rings. The predicted octanol–water partition coefficient (Wildman–Crippen LogP) is 3.47. The van der Waals surface area contributed by atoms with Crippen LogP contribution in [0.15, 0.2) is 29.1 Å². The highest BCUT2D eigenvalue weighted by Gasteiger charge is 2.23. The first-order valence-corrected chi connectivity index (χ1v) is 6.99. The number of hydrogen-bond donors (Lipinski definition) is 1. The second-order valence-electron chi connectivity index (χ2n) is 5.40. The third-order valence-corrected chi connectivity index (χ3v) is 4.38. The summed E-state index contributed by atoms with van der Waals surface area (Å²) in [5, 5.41) is 0. The van der Waals surface area contributed by atoms with Crippen LogP contribution in [0.3, 0.4) is 0 Å². The summed E-state index contributed by atoms with van der Waals surface area (Å²) in [5.74, 6) is 0.863. The molecule has 0 amide bonds. The molecular weight excluding hydrogens is 224 g/mol. The van der Waals surface area contributed by atoms with Gasteiger partial charge in [-0.25, -0.2) is 4.79 Å². The molecule has 1 saturated carbocycles. The minimum atomic E-state index is 0.0520. The molecular formula is C15H20N2O. The van der Waals surface area contributed by atoms with Gasteiger partial charge in [0.05, 0.1) is 11.0 Å². The fourth-order valence-corrected chi connectivity index (χ4v) is 3.25. The average Bonchev–Trinajstić information content (AvgIpc) is 2.75. The third-order valence-electron chi connectivity index (χ3n) is 4.38. The number of rotatable bonds is 2. The maximum absolute atomic E-state index is 12.1. The smallest absolute Gasteiger partial charge is 0.306 e. The van der Waals surface area contributed by atoms with Gasteiger partial charge in [0.2, 0.25) is 0 Å². The molecule has 0 spiro atoms. The van der Waals surface area contributed by atoms with E-state index in [1.54, 1.807) is 0 Å². The van der Waals surface area contributed by atoms with E-state index in [2.05, 4.69) is 11.9 Å². The Bertz CT molecular complexity index is 588. The van der Waals surface area contributed by atoms with E-state index in [4.69, 9.17) is 0 Å². The highest BCUT2D eigenvalue weighted by Crippen LogP contribution is 2.34. The first-order chi connectivity index (χ1) is 8.79. The molecule has 96 valence electrons. The van der Waals surface area contributed by atoms with E-state index in [1.807, 2.05) is 28.8 Å². The SMILES string of the molecule is CCC1CCC(n2c(=O)[nH]c3ccccc32)CC1.